The maximum Gasteiger partial charge on any atom is 0.347 e. The highest BCUT2D eigenvalue weighted by Gasteiger charge is 2.22. The number of carbonyl (C=O) groups is 1. The van der Waals surface area contributed by atoms with Gasteiger partial charge in [-0.3, -0.25) is 4.40 Å². The van der Waals surface area contributed by atoms with Crippen LogP contribution in [0.5, 0.6) is 0 Å². The summed E-state index contributed by atoms with van der Waals surface area (Å²) in [6, 6.07) is 10.0. The van der Waals surface area contributed by atoms with E-state index in [2.05, 4.69) is 11.9 Å². The molecule has 0 saturated carbocycles. The number of hydrogen-bond acceptors (Lipinski definition) is 3. The van der Waals surface area contributed by atoms with Gasteiger partial charge in [0.15, 0.2) is 4.96 Å². The largest absolute Gasteiger partial charge is 0.477 e. The Morgan fingerprint density at radius 2 is 1.86 bits per heavy atom. The van der Waals surface area contributed by atoms with Crippen LogP contribution >= 0.6 is 11.3 Å². The average Bonchev–Trinajstić information content (AvgIpc) is 3.03. The van der Waals surface area contributed by atoms with Crippen molar-refractivity contribution in [1.82, 2.24) is 9.38 Å². The number of aryl methyl sites for hydroxylation is 2. The van der Waals surface area contributed by atoms with Crippen molar-refractivity contribution in [2.45, 2.75) is 26.7 Å². The van der Waals surface area contributed by atoms with Crippen LogP contribution in [0.4, 0.5) is 0 Å². The van der Waals surface area contributed by atoms with Crippen molar-refractivity contribution in [2.75, 3.05) is 0 Å². The maximum absolute atomic E-state index is 11.4. The molecule has 0 aliphatic heterocycles. The van der Waals surface area contributed by atoms with Crippen LogP contribution in [0.15, 0.2) is 30.3 Å². The Hall–Kier alpha value is -2.14. The van der Waals surface area contributed by atoms with Crippen molar-refractivity contribution in [2.24, 2.45) is 0 Å². The van der Waals surface area contributed by atoms with Crippen LogP contribution < -0.4 is 0 Å². The first kappa shape index (κ1) is 13.8. The third-order valence-electron chi connectivity index (χ3n) is 3.58. The van der Waals surface area contributed by atoms with Gasteiger partial charge >= 0.3 is 5.97 Å². The van der Waals surface area contributed by atoms with Gasteiger partial charge in [-0.2, -0.15) is 0 Å². The number of aromatic nitrogens is 2. The zero-order chi connectivity index (χ0) is 15.0. The van der Waals surface area contributed by atoms with Crippen LogP contribution in [0.1, 0.15) is 34.9 Å². The van der Waals surface area contributed by atoms with E-state index in [-0.39, 0.29) is 0 Å². The predicted molar refractivity (Wildman–Crippen MR) is 84.2 cm³/mol. The summed E-state index contributed by atoms with van der Waals surface area (Å²) in [5.74, 6) is -0.870. The Labute approximate surface area is 126 Å². The Kier molecular flexibility index (Phi) is 3.51. The Morgan fingerprint density at radius 1 is 1.19 bits per heavy atom. The molecule has 5 heteroatoms. The summed E-state index contributed by atoms with van der Waals surface area (Å²) in [4.78, 5) is 17.2. The minimum Gasteiger partial charge on any atom is -0.477 e. The van der Waals surface area contributed by atoms with Crippen molar-refractivity contribution in [1.29, 1.82) is 0 Å². The Bertz CT molecular complexity index is 803. The summed E-state index contributed by atoms with van der Waals surface area (Å²) in [6.45, 7) is 4.06. The van der Waals surface area contributed by atoms with E-state index < -0.39 is 5.97 Å². The molecule has 21 heavy (non-hydrogen) atoms. The van der Waals surface area contributed by atoms with E-state index in [1.807, 2.05) is 41.7 Å². The number of nitrogens with zero attached hydrogens (tertiary/aromatic N) is 2. The first-order chi connectivity index (χ1) is 10.2. The number of carboxylic acids is 1. The lowest BCUT2D eigenvalue weighted by Gasteiger charge is -2.04. The van der Waals surface area contributed by atoms with E-state index in [1.54, 1.807) is 0 Å². The van der Waals surface area contributed by atoms with Gasteiger partial charge in [-0.1, -0.05) is 55.5 Å². The van der Waals surface area contributed by atoms with Crippen LogP contribution in [0.2, 0.25) is 0 Å². The lowest BCUT2D eigenvalue weighted by atomic mass is 10.1. The minimum atomic E-state index is -0.870. The van der Waals surface area contributed by atoms with E-state index >= 15 is 0 Å². The molecule has 2 heterocycles. The van der Waals surface area contributed by atoms with Crippen molar-refractivity contribution in [3.8, 4) is 11.3 Å². The number of hydrogen-bond donors (Lipinski definition) is 1. The smallest absolute Gasteiger partial charge is 0.347 e. The second-order valence-corrected chi connectivity index (χ2v) is 5.76. The molecule has 0 aliphatic rings. The van der Waals surface area contributed by atoms with Gasteiger partial charge in [0, 0.05) is 11.3 Å². The molecule has 4 nitrogen and oxygen atoms in total. The highest BCUT2D eigenvalue weighted by atomic mass is 32.1. The summed E-state index contributed by atoms with van der Waals surface area (Å²) in [7, 11) is 0. The molecule has 0 aliphatic carbocycles. The number of fused-ring (bicyclic) bond motifs is 1. The summed E-state index contributed by atoms with van der Waals surface area (Å²) in [5, 5.41) is 9.34. The van der Waals surface area contributed by atoms with E-state index in [9.17, 15) is 9.90 Å². The van der Waals surface area contributed by atoms with Gasteiger partial charge in [-0.15, -0.1) is 0 Å². The molecule has 0 radical (unpaired) electrons. The highest BCUT2D eigenvalue weighted by molar-refractivity contribution is 7.19. The first-order valence-electron chi connectivity index (χ1n) is 6.99. The molecule has 0 bridgehead atoms. The lowest BCUT2D eigenvalue weighted by Crippen LogP contribution is -2.02. The van der Waals surface area contributed by atoms with E-state index in [4.69, 9.17) is 0 Å². The molecule has 3 rings (SSSR count). The fourth-order valence-electron chi connectivity index (χ4n) is 2.67. The maximum atomic E-state index is 11.4. The van der Waals surface area contributed by atoms with E-state index in [0.29, 0.717) is 11.3 Å². The predicted octanol–water partition coefficient (Wildman–Crippen LogP) is 3.89. The van der Waals surface area contributed by atoms with Crippen molar-refractivity contribution >= 4 is 22.3 Å². The van der Waals surface area contributed by atoms with Crippen molar-refractivity contribution in [3.05, 3.63) is 46.6 Å². The van der Waals surface area contributed by atoms with Gasteiger partial charge in [0.1, 0.15) is 4.88 Å². The number of carboxylic acid groups (broad SMARTS) is 1. The topological polar surface area (TPSA) is 54.6 Å². The van der Waals surface area contributed by atoms with E-state index in [1.165, 1.54) is 11.3 Å². The number of rotatable bonds is 4. The summed E-state index contributed by atoms with van der Waals surface area (Å²) < 4.78 is 2.02. The molecule has 2 aromatic heterocycles. The average molecular weight is 300 g/mol. The van der Waals surface area contributed by atoms with Gasteiger partial charge < -0.3 is 5.11 Å². The molecule has 1 aromatic carbocycles. The molecular formula is C16H16N2O2S. The molecule has 0 saturated heterocycles. The number of imidazole rings is 1. The van der Waals surface area contributed by atoms with Gasteiger partial charge in [-0.05, 0) is 12.8 Å². The Balaban J connectivity index is 2.31. The van der Waals surface area contributed by atoms with Crippen LogP contribution in [-0.4, -0.2) is 20.5 Å². The fraction of sp³-hybridized carbons (Fsp3) is 0.250. The molecule has 0 fully saturated rings. The zero-order valence-corrected chi connectivity index (χ0v) is 12.8. The van der Waals surface area contributed by atoms with Crippen LogP contribution in [-0.2, 0) is 12.8 Å². The number of benzene rings is 1. The molecule has 0 unspecified atom stereocenters. The quantitative estimate of drug-likeness (QED) is 0.795. The number of thiazole rings is 1. The van der Waals surface area contributed by atoms with Gasteiger partial charge in [-0.25, -0.2) is 9.78 Å². The second kappa shape index (κ2) is 5.33. The molecule has 0 atom stereocenters. The summed E-state index contributed by atoms with van der Waals surface area (Å²) in [6.07, 6.45) is 1.49. The van der Waals surface area contributed by atoms with Gasteiger partial charge in [0.25, 0.3) is 0 Å². The van der Waals surface area contributed by atoms with E-state index in [0.717, 1.165) is 34.0 Å². The van der Waals surface area contributed by atoms with Crippen LogP contribution in [0.25, 0.3) is 16.2 Å². The van der Waals surface area contributed by atoms with Crippen LogP contribution in [0.3, 0.4) is 0 Å². The number of aromatic carboxylic acids is 1. The first-order valence-corrected chi connectivity index (χ1v) is 7.80. The molecule has 3 aromatic rings. The monoisotopic (exact) mass is 300 g/mol. The fourth-order valence-corrected chi connectivity index (χ4v) is 3.74. The molecule has 0 spiro atoms. The standard InChI is InChI=1S/C16H16N2O2S/c1-3-11-13(10-8-6-5-7-9-10)17-16-18(11)12(4-2)14(21-16)15(19)20/h5-9H,3-4H2,1-2H3,(H,19,20). The summed E-state index contributed by atoms with van der Waals surface area (Å²) in [5.41, 5.74) is 3.95. The van der Waals surface area contributed by atoms with Crippen LogP contribution in [0, 0.1) is 0 Å². The highest BCUT2D eigenvalue weighted by Crippen LogP contribution is 2.32. The Morgan fingerprint density at radius 3 is 2.43 bits per heavy atom. The molecule has 1 N–H and O–H groups in total. The van der Waals surface area contributed by atoms with Crippen molar-refractivity contribution in [3.63, 3.8) is 0 Å². The normalized spacial score (nSPS) is 11.1. The third kappa shape index (κ3) is 2.14. The molecule has 108 valence electrons. The minimum absolute atomic E-state index is 0.398. The summed E-state index contributed by atoms with van der Waals surface area (Å²) >= 11 is 1.25. The van der Waals surface area contributed by atoms with Crippen molar-refractivity contribution < 1.29 is 9.90 Å². The van der Waals surface area contributed by atoms with Gasteiger partial charge in [0.2, 0.25) is 0 Å². The zero-order valence-electron chi connectivity index (χ0n) is 12.0. The lowest BCUT2D eigenvalue weighted by molar-refractivity contribution is 0.0700. The SMILES string of the molecule is CCc1c(-c2ccccc2)nc2sc(C(=O)O)c(CC)n12. The second-order valence-electron chi connectivity index (χ2n) is 4.78. The molecular weight excluding hydrogens is 284 g/mol. The van der Waals surface area contributed by atoms with Gasteiger partial charge in [0.05, 0.1) is 11.4 Å². The third-order valence-corrected chi connectivity index (χ3v) is 4.65. The molecule has 0 amide bonds.